The second-order valence-corrected chi connectivity index (χ2v) is 5.94. The molecule has 0 aliphatic heterocycles. The third kappa shape index (κ3) is 4.06. The predicted octanol–water partition coefficient (Wildman–Crippen LogP) is 2.95. The number of aliphatic hydroxyl groups excluding tert-OH is 1. The summed E-state index contributed by atoms with van der Waals surface area (Å²) in [4.78, 5) is 0. The lowest BCUT2D eigenvalue weighted by Crippen LogP contribution is -2.44. The van der Waals surface area contributed by atoms with Crippen LogP contribution in [-0.2, 0) is 0 Å². The van der Waals surface area contributed by atoms with E-state index in [1.54, 1.807) is 0 Å². The van der Waals surface area contributed by atoms with Gasteiger partial charge < -0.3 is 10.4 Å². The molecule has 2 heteroatoms. The third-order valence-corrected chi connectivity index (χ3v) is 4.08. The van der Waals surface area contributed by atoms with Gasteiger partial charge in [-0.1, -0.05) is 40.0 Å². The first-order valence-electron chi connectivity index (χ1n) is 6.97. The van der Waals surface area contributed by atoms with Crippen molar-refractivity contribution in [2.75, 3.05) is 13.1 Å². The SMILES string of the molecule is CCCC(C)CNCC1(C)CCCCC1O. The van der Waals surface area contributed by atoms with E-state index in [1.807, 2.05) is 0 Å². The molecule has 0 bridgehead atoms. The number of nitrogens with one attached hydrogen (secondary N) is 1. The smallest absolute Gasteiger partial charge is 0.0605 e. The quantitative estimate of drug-likeness (QED) is 0.731. The molecule has 0 radical (unpaired) electrons. The Kier molecular flexibility index (Phi) is 5.77. The van der Waals surface area contributed by atoms with Gasteiger partial charge in [-0.25, -0.2) is 0 Å². The number of hydrogen-bond donors (Lipinski definition) is 2. The molecule has 2 nitrogen and oxygen atoms in total. The highest BCUT2D eigenvalue weighted by Crippen LogP contribution is 2.35. The Morgan fingerprint density at radius 1 is 1.44 bits per heavy atom. The van der Waals surface area contributed by atoms with Crippen LogP contribution in [0.5, 0.6) is 0 Å². The van der Waals surface area contributed by atoms with Crippen LogP contribution >= 0.6 is 0 Å². The summed E-state index contributed by atoms with van der Waals surface area (Å²) in [6, 6.07) is 0. The zero-order valence-electron chi connectivity index (χ0n) is 11.3. The highest BCUT2D eigenvalue weighted by Gasteiger charge is 2.34. The van der Waals surface area contributed by atoms with Gasteiger partial charge in [0.1, 0.15) is 0 Å². The highest BCUT2D eigenvalue weighted by molar-refractivity contribution is 4.87. The van der Waals surface area contributed by atoms with Gasteiger partial charge in [0.2, 0.25) is 0 Å². The van der Waals surface area contributed by atoms with Crippen molar-refractivity contribution >= 4 is 0 Å². The maximum absolute atomic E-state index is 10.1. The molecule has 0 saturated heterocycles. The van der Waals surface area contributed by atoms with E-state index in [-0.39, 0.29) is 11.5 Å². The van der Waals surface area contributed by atoms with Gasteiger partial charge in [0, 0.05) is 12.0 Å². The highest BCUT2D eigenvalue weighted by atomic mass is 16.3. The van der Waals surface area contributed by atoms with Crippen LogP contribution in [0.4, 0.5) is 0 Å². The molecule has 1 aliphatic carbocycles. The normalized spacial score (nSPS) is 32.6. The van der Waals surface area contributed by atoms with Crippen LogP contribution in [0, 0.1) is 11.3 Å². The molecule has 1 rings (SSSR count). The maximum atomic E-state index is 10.1. The molecular formula is C14H29NO. The lowest BCUT2D eigenvalue weighted by atomic mass is 9.73. The lowest BCUT2D eigenvalue weighted by molar-refractivity contribution is 0.000957. The molecule has 0 aromatic carbocycles. The average molecular weight is 227 g/mol. The van der Waals surface area contributed by atoms with Crippen molar-refractivity contribution < 1.29 is 5.11 Å². The second kappa shape index (κ2) is 6.61. The molecule has 2 N–H and O–H groups in total. The van der Waals surface area contributed by atoms with Crippen molar-refractivity contribution in [3.05, 3.63) is 0 Å². The third-order valence-electron chi connectivity index (χ3n) is 4.08. The molecule has 0 aromatic heterocycles. The van der Waals surface area contributed by atoms with E-state index in [1.165, 1.54) is 32.1 Å². The van der Waals surface area contributed by atoms with Crippen molar-refractivity contribution in [3.63, 3.8) is 0 Å². The van der Waals surface area contributed by atoms with E-state index in [0.29, 0.717) is 0 Å². The average Bonchev–Trinajstić information content (AvgIpc) is 2.23. The summed E-state index contributed by atoms with van der Waals surface area (Å²) in [6.07, 6.45) is 7.10. The van der Waals surface area contributed by atoms with E-state index < -0.39 is 0 Å². The summed E-state index contributed by atoms with van der Waals surface area (Å²) in [7, 11) is 0. The zero-order valence-corrected chi connectivity index (χ0v) is 11.3. The van der Waals surface area contributed by atoms with E-state index in [0.717, 1.165) is 25.4 Å². The van der Waals surface area contributed by atoms with Crippen LogP contribution in [0.15, 0.2) is 0 Å². The molecule has 0 heterocycles. The molecule has 0 amide bonds. The van der Waals surface area contributed by atoms with Crippen molar-refractivity contribution in [2.24, 2.45) is 11.3 Å². The van der Waals surface area contributed by atoms with E-state index in [2.05, 4.69) is 26.1 Å². The van der Waals surface area contributed by atoms with Crippen molar-refractivity contribution in [1.82, 2.24) is 5.32 Å². The fourth-order valence-corrected chi connectivity index (χ4v) is 2.79. The number of rotatable bonds is 6. The summed E-state index contributed by atoms with van der Waals surface area (Å²) in [5.74, 6) is 0.759. The Balaban J connectivity index is 2.24. The molecule has 1 aliphatic rings. The Labute approximate surface area is 101 Å². The van der Waals surface area contributed by atoms with Gasteiger partial charge in [-0.2, -0.15) is 0 Å². The first-order valence-corrected chi connectivity index (χ1v) is 6.97. The number of aliphatic hydroxyl groups is 1. The second-order valence-electron chi connectivity index (χ2n) is 5.94. The van der Waals surface area contributed by atoms with Gasteiger partial charge >= 0.3 is 0 Å². The standard InChI is InChI=1S/C14H29NO/c1-4-7-12(2)10-15-11-14(3)9-6-5-8-13(14)16/h12-13,15-16H,4-11H2,1-3H3. The van der Waals surface area contributed by atoms with Crippen LogP contribution in [0.3, 0.4) is 0 Å². The lowest BCUT2D eigenvalue weighted by Gasteiger charge is -2.39. The van der Waals surface area contributed by atoms with Crippen LogP contribution in [0.2, 0.25) is 0 Å². The van der Waals surface area contributed by atoms with Crippen molar-refractivity contribution in [3.8, 4) is 0 Å². The first kappa shape index (κ1) is 14.0. The van der Waals surface area contributed by atoms with Crippen LogP contribution < -0.4 is 5.32 Å². The van der Waals surface area contributed by atoms with Gasteiger partial charge in [-0.3, -0.25) is 0 Å². The molecule has 0 spiro atoms. The van der Waals surface area contributed by atoms with E-state index in [9.17, 15) is 5.11 Å². The largest absolute Gasteiger partial charge is 0.393 e. The summed E-state index contributed by atoms with van der Waals surface area (Å²) in [5.41, 5.74) is 0.115. The first-order chi connectivity index (χ1) is 7.58. The van der Waals surface area contributed by atoms with Gasteiger partial charge in [0.05, 0.1) is 6.10 Å². The molecule has 16 heavy (non-hydrogen) atoms. The minimum Gasteiger partial charge on any atom is -0.393 e. The maximum Gasteiger partial charge on any atom is 0.0605 e. The Bertz CT molecular complexity index is 195. The van der Waals surface area contributed by atoms with Crippen LogP contribution in [-0.4, -0.2) is 24.3 Å². The van der Waals surface area contributed by atoms with Crippen LogP contribution in [0.1, 0.15) is 59.3 Å². The Morgan fingerprint density at radius 3 is 2.81 bits per heavy atom. The number of hydrogen-bond acceptors (Lipinski definition) is 2. The topological polar surface area (TPSA) is 32.3 Å². The van der Waals surface area contributed by atoms with E-state index >= 15 is 0 Å². The molecule has 96 valence electrons. The van der Waals surface area contributed by atoms with Gasteiger partial charge in [-0.05, 0) is 31.7 Å². The molecule has 0 aromatic rings. The minimum atomic E-state index is -0.102. The van der Waals surface area contributed by atoms with Gasteiger partial charge in [0.25, 0.3) is 0 Å². The predicted molar refractivity (Wildman–Crippen MR) is 69.5 cm³/mol. The van der Waals surface area contributed by atoms with Crippen LogP contribution in [0.25, 0.3) is 0 Å². The van der Waals surface area contributed by atoms with Crippen molar-refractivity contribution in [2.45, 2.75) is 65.4 Å². The van der Waals surface area contributed by atoms with Crippen molar-refractivity contribution in [1.29, 1.82) is 0 Å². The van der Waals surface area contributed by atoms with Gasteiger partial charge in [0.15, 0.2) is 0 Å². The summed E-state index contributed by atoms with van der Waals surface area (Å²) < 4.78 is 0. The van der Waals surface area contributed by atoms with E-state index in [4.69, 9.17) is 0 Å². The summed E-state index contributed by atoms with van der Waals surface area (Å²) >= 11 is 0. The Hall–Kier alpha value is -0.0800. The monoisotopic (exact) mass is 227 g/mol. The summed E-state index contributed by atoms with van der Waals surface area (Å²) in [6.45, 7) is 8.84. The molecule has 3 unspecified atom stereocenters. The molecule has 1 fully saturated rings. The molecule has 1 saturated carbocycles. The zero-order chi connectivity index (χ0) is 12.0. The fraction of sp³-hybridized carbons (Fsp3) is 1.00. The Morgan fingerprint density at radius 2 is 2.19 bits per heavy atom. The molecule has 3 atom stereocenters. The molecular weight excluding hydrogens is 198 g/mol. The fourth-order valence-electron chi connectivity index (χ4n) is 2.79. The van der Waals surface area contributed by atoms with Gasteiger partial charge in [-0.15, -0.1) is 0 Å². The summed E-state index contributed by atoms with van der Waals surface area (Å²) in [5, 5.41) is 13.6. The minimum absolute atomic E-state index is 0.102.